The number of nitrogen functional groups attached to an aromatic ring is 1. The lowest BCUT2D eigenvalue weighted by Gasteiger charge is -2.19. The third kappa shape index (κ3) is 6.94. The summed E-state index contributed by atoms with van der Waals surface area (Å²) in [4.78, 5) is 19.6. The molecule has 0 aliphatic carbocycles. The molecule has 170 valence electrons. The van der Waals surface area contributed by atoms with E-state index in [9.17, 15) is 15.0 Å². The van der Waals surface area contributed by atoms with Crippen LogP contribution in [0.15, 0.2) is 17.3 Å². The van der Waals surface area contributed by atoms with Crippen molar-refractivity contribution in [3.8, 4) is 0 Å². The number of carboxylic acid groups (broad SMARTS) is 1. The van der Waals surface area contributed by atoms with Gasteiger partial charge in [-0.3, -0.25) is 14.4 Å². The first kappa shape index (κ1) is 24.6. The maximum Gasteiger partial charge on any atom is 0.306 e. The summed E-state index contributed by atoms with van der Waals surface area (Å²) in [5.74, 6) is -0.892. The van der Waals surface area contributed by atoms with Crippen LogP contribution in [0.25, 0.3) is 0 Å². The van der Waals surface area contributed by atoms with E-state index in [-0.39, 0.29) is 11.7 Å². The molecule has 0 spiro atoms. The lowest BCUT2D eigenvalue weighted by atomic mass is 10.0. The van der Waals surface area contributed by atoms with Crippen molar-refractivity contribution in [2.24, 2.45) is 10.9 Å². The van der Waals surface area contributed by atoms with Crippen molar-refractivity contribution >= 4 is 25.0 Å². The van der Waals surface area contributed by atoms with E-state index in [0.717, 1.165) is 12.6 Å². The van der Waals surface area contributed by atoms with E-state index in [1.165, 1.54) is 0 Å². The van der Waals surface area contributed by atoms with Gasteiger partial charge in [-0.2, -0.15) is 4.98 Å². The van der Waals surface area contributed by atoms with Gasteiger partial charge in [-0.05, 0) is 44.8 Å². The highest BCUT2D eigenvalue weighted by molar-refractivity contribution is 7.72. The number of ether oxygens (including phenoxy) is 1. The highest BCUT2D eigenvalue weighted by Gasteiger charge is 2.43. The van der Waals surface area contributed by atoms with E-state index in [1.54, 1.807) is 23.8 Å². The Hall–Kier alpha value is -1.67. The zero-order chi connectivity index (χ0) is 22.5. The van der Waals surface area contributed by atoms with E-state index in [4.69, 9.17) is 15.6 Å². The molecular formula is C20H35N4O5P. The van der Waals surface area contributed by atoms with Gasteiger partial charge in [0.15, 0.2) is 6.23 Å². The second-order valence-electron chi connectivity index (χ2n) is 8.67. The van der Waals surface area contributed by atoms with Gasteiger partial charge in [0, 0.05) is 12.7 Å². The largest absolute Gasteiger partial charge is 0.481 e. The molecule has 1 fully saturated rings. The summed E-state index contributed by atoms with van der Waals surface area (Å²) in [6.45, 7) is 5.10. The van der Waals surface area contributed by atoms with Crippen molar-refractivity contribution in [1.29, 1.82) is 0 Å². The van der Waals surface area contributed by atoms with Crippen molar-refractivity contribution < 1.29 is 24.9 Å². The Balaban J connectivity index is 2.10. The minimum atomic E-state index is -1.27. The molecule has 2 heterocycles. The van der Waals surface area contributed by atoms with Crippen LogP contribution < -0.4 is 11.4 Å². The van der Waals surface area contributed by atoms with Crippen molar-refractivity contribution in [3.05, 3.63) is 17.9 Å². The molecule has 0 saturated carbocycles. The number of aliphatic hydroxyl groups is 2. The number of unbranched alkanes of at least 4 members (excludes halogenated alkanes) is 1. The normalized spacial score (nSPS) is 26.1. The number of hydrogen-bond acceptors (Lipinski definition) is 7. The fourth-order valence-electron chi connectivity index (χ4n) is 3.29. The monoisotopic (exact) mass is 442 g/mol. The van der Waals surface area contributed by atoms with Crippen LogP contribution in [-0.4, -0.2) is 81.5 Å². The molecule has 1 aromatic rings. The molecule has 0 bridgehead atoms. The number of aliphatic hydroxyl groups excluding tert-OH is 2. The molecular weight excluding hydrogens is 407 g/mol. The Morgan fingerprint density at radius 1 is 1.40 bits per heavy atom. The second kappa shape index (κ2) is 10.6. The fourth-order valence-corrected chi connectivity index (χ4v) is 4.24. The van der Waals surface area contributed by atoms with Crippen molar-refractivity contribution in [1.82, 2.24) is 9.55 Å². The Bertz CT molecular complexity index is 837. The molecule has 1 aromatic heterocycles. The molecule has 0 amide bonds. The number of aromatic nitrogens is 2. The predicted molar refractivity (Wildman–Crippen MR) is 119 cm³/mol. The number of aliphatic carboxylic acids is 1. The topological polar surface area (TPSA) is 143 Å². The van der Waals surface area contributed by atoms with Crippen LogP contribution in [0.3, 0.4) is 0 Å². The number of hydrogen-bond donors (Lipinski definition) is 4. The molecule has 2 unspecified atom stereocenters. The van der Waals surface area contributed by atoms with Crippen molar-refractivity contribution in [2.45, 2.75) is 57.1 Å². The maximum atomic E-state index is 10.9. The van der Waals surface area contributed by atoms with Crippen LogP contribution in [0.5, 0.6) is 0 Å². The highest BCUT2D eigenvalue weighted by atomic mass is 31.2. The maximum absolute atomic E-state index is 10.9. The minimum absolute atomic E-state index is 0.290. The zero-order valence-electron chi connectivity index (χ0n) is 18.0. The molecule has 2 rings (SSSR count). The highest BCUT2D eigenvalue weighted by Crippen LogP contribution is 2.39. The molecule has 1 aliphatic rings. The molecule has 1 aliphatic heterocycles. The number of anilines is 1. The predicted octanol–water partition coefficient (Wildman–Crippen LogP) is 0.976. The van der Waals surface area contributed by atoms with Gasteiger partial charge >= 0.3 is 5.97 Å². The summed E-state index contributed by atoms with van der Waals surface area (Å²) in [7, 11) is 0. The first-order valence-corrected chi connectivity index (χ1v) is 13.3. The number of carbonyl (C=O) groups is 1. The summed E-state index contributed by atoms with van der Waals surface area (Å²) in [5, 5.41) is 30.0. The van der Waals surface area contributed by atoms with Crippen LogP contribution in [0.1, 0.15) is 38.8 Å². The van der Waals surface area contributed by atoms with E-state index in [2.05, 4.69) is 29.6 Å². The van der Waals surface area contributed by atoms with Crippen LogP contribution in [0.2, 0.25) is 0 Å². The molecule has 5 atom stereocenters. The van der Waals surface area contributed by atoms with Gasteiger partial charge in [0.05, 0.1) is 12.0 Å². The van der Waals surface area contributed by atoms with Gasteiger partial charge in [-0.15, -0.1) is 13.2 Å². The van der Waals surface area contributed by atoms with Crippen molar-refractivity contribution in [3.63, 3.8) is 0 Å². The second-order valence-corrected chi connectivity index (χ2v) is 13.0. The SMILES string of the molecule is C=P(C)(C)CC[C@H]1O[C@@H](n2ccc(N)nc2=NCCCCC(C)C(=O)O)C(O)[C@@H]1O. The molecule has 9 nitrogen and oxygen atoms in total. The van der Waals surface area contributed by atoms with E-state index >= 15 is 0 Å². The number of nitrogens with zero attached hydrogens (tertiary/aromatic N) is 3. The molecule has 10 heteroatoms. The summed E-state index contributed by atoms with van der Waals surface area (Å²) in [6, 6.07) is 1.59. The first-order chi connectivity index (χ1) is 14.0. The van der Waals surface area contributed by atoms with Crippen LogP contribution in [0, 0.1) is 5.92 Å². The first-order valence-electron chi connectivity index (χ1n) is 10.3. The minimum Gasteiger partial charge on any atom is -0.481 e. The number of carboxylic acids is 1. The molecule has 30 heavy (non-hydrogen) atoms. The Morgan fingerprint density at radius 2 is 2.10 bits per heavy atom. The zero-order valence-corrected chi connectivity index (χ0v) is 18.9. The van der Waals surface area contributed by atoms with Gasteiger partial charge in [-0.25, -0.2) is 0 Å². The van der Waals surface area contributed by atoms with Crippen LogP contribution >= 0.6 is 6.89 Å². The van der Waals surface area contributed by atoms with Gasteiger partial charge in [-0.1, -0.05) is 13.3 Å². The summed E-state index contributed by atoms with van der Waals surface area (Å²) >= 11 is 0. The standard InChI is InChI=1S/C20H35N4O5P/c1-13(19(27)28)7-5-6-10-22-20-23-15(21)8-11-24(20)18-17(26)16(25)14(29-18)9-12-30(2,3)4/h8,11,13-14,16-18,25-26H,2,5-7,9-10,12H2,1,3-4H3,(H,27,28)(H2,21,22,23)/t13?,14-,16-,17?,18-/m1/s1. The molecule has 1 saturated heterocycles. The number of rotatable bonds is 10. The molecule has 0 aromatic carbocycles. The average Bonchev–Trinajstić information content (AvgIpc) is 2.93. The van der Waals surface area contributed by atoms with E-state index in [0.29, 0.717) is 31.4 Å². The Morgan fingerprint density at radius 3 is 2.73 bits per heavy atom. The smallest absolute Gasteiger partial charge is 0.306 e. The third-order valence-corrected chi connectivity index (χ3v) is 6.69. The summed E-state index contributed by atoms with van der Waals surface area (Å²) in [5.41, 5.74) is 6.12. The van der Waals surface area contributed by atoms with E-state index in [1.807, 2.05) is 0 Å². The summed E-state index contributed by atoms with van der Waals surface area (Å²) < 4.78 is 7.57. The lowest BCUT2D eigenvalue weighted by molar-refractivity contribution is -0.141. The lowest BCUT2D eigenvalue weighted by Crippen LogP contribution is -2.36. The third-order valence-electron chi connectivity index (χ3n) is 5.22. The molecule has 0 radical (unpaired) electrons. The Labute approximate surface area is 177 Å². The average molecular weight is 442 g/mol. The van der Waals surface area contributed by atoms with Gasteiger partial charge < -0.3 is 25.8 Å². The van der Waals surface area contributed by atoms with E-state index < -0.39 is 37.4 Å². The quantitative estimate of drug-likeness (QED) is 0.312. The number of nitrogens with two attached hydrogens (primary N) is 1. The van der Waals surface area contributed by atoms with Gasteiger partial charge in [0.2, 0.25) is 5.62 Å². The Kier molecular flexibility index (Phi) is 8.67. The van der Waals surface area contributed by atoms with Gasteiger partial charge in [0.1, 0.15) is 18.0 Å². The van der Waals surface area contributed by atoms with Gasteiger partial charge in [0.25, 0.3) is 0 Å². The summed E-state index contributed by atoms with van der Waals surface area (Å²) in [6.07, 6.45) is 5.91. The molecule has 5 N–H and O–H groups in total. The fraction of sp³-hybridized carbons (Fsp3) is 0.700. The van der Waals surface area contributed by atoms with Crippen molar-refractivity contribution in [2.75, 3.05) is 31.8 Å². The van der Waals surface area contributed by atoms with Crippen LogP contribution in [-0.2, 0) is 9.53 Å². The van der Waals surface area contributed by atoms with Crippen LogP contribution in [0.4, 0.5) is 5.82 Å².